The van der Waals surface area contributed by atoms with Gasteiger partial charge in [-0.25, -0.2) is 0 Å². The molecule has 2 aromatic rings. The Hall–Kier alpha value is -1.39. The van der Waals surface area contributed by atoms with Crippen LogP contribution < -0.4 is 10.1 Å². The fraction of sp³-hybridized carbons (Fsp3) is 0.353. The minimum Gasteiger partial charge on any atom is -0.496 e. The maximum atomic E-state index is 5.28. The summed E-state index contributed by atoms with van der Waals surface area (Å²) >= 11 is 3.55. The first-order chi connectivity index (χ1) is 10.2. The number of ether oxygens (including phenoxy) is 1. The van der Waals surface area contributed by atoms with Gasteiger partial charge in [0.1, 0.15) is 5.75 Å². The van der Waals surface area contributed by atoms with Gasteiger partial charge in [0.15, 0.2) is 0 Å². The van der Waals surface area contributed by atoms with Gasteiger partial charge in [0.25, 0.3) is 0 Å². The number of nitrogens with one attached hydrogen (secondary N) is 1. The van der Waals surface area contributed by atoms with Gasteiger partial charge in [-0.05, 0) is 65.1 Å². The molecule has 0 spiro atoms. The van der Waals surface area contributed by atoms with Gasteiger partial charge in [-0.2, -0.15) is 0 Å². The first kappa shape index (κ1) is 16.0. The SMILES string of the molecule is CCNC(Cc1ccc(OC)c(Br)c1)c1ncccc1C. The summed E-state index contributed by atoms with van der Waals surface area (Å²) in [4.78, 5) is 4.55. The Morgan fingerprint density at radius 3 is 2.76 bits per heavy atom. The molecule has 0 saturated heterocycles. The van der Waals surface area contributed by atoms with Crippen LogP contribution in [0.25, 0.3) is 0 Å². The lowest BCUT2D eigenvalue weighted by molar-refractivity contribution is 0.412. The molecule has 1 aromatic heterocycles. The van der Waals surface area contributed by atoms with Crippen LogP contribution in [0.4, 0.5) is 0 Å². The monoisotopic (exact) mass is 348 g/mol. The zero-order chi connectivity index (χ0) is 15.2. The molecule has 21 heavy (non-hydrogen) atoms. The molecular weight excluding hydrogens is 328 g/mol. The Morgan fingerprint density at radius 2 is 2.14 bits per heavy atom. The Kier molecular flexibility index (Phi) is 5.76. The topological polar surface area (TPSA) is 34.1 Å². The zero-order valence-corrected chi connectivity index (χ0v) is 14.3. The van der Waals surface area contributed by atoms with Crippen LogP contribution in [0.15, 0.2) is 41.0 Å². The van der Waals surface area contributed by atoms with Crippen LogP contribution in [0.3, 0.4) is 0 Å². The molecule has 1 atom stereocenters. The van der Waals surface area contributed by atoms with Crippen LogP contribution in [0.1, 0.15) is 29.8 Å². The summed E-state index contributed by atoms with van der Waals surface area (Å²) in [5.74, 6) is 0.854. The van der Waals surface area contributed by atoms with Crippen molar-refractivity contribution in [2.75, 3.05) is 13.7 Å². The number of aryl methyl sites for hydroxylation is 1. The van der Waals surface area contributed by atoms with Crippen LogP contribution in [-0.4, -0.2) is 18.6 Å². The van der Waals surface area contributed by atoms with Gasteiger partial charge in [0.2, 0.25) is 0 Å². The molecule has 112 valence electrons. The highest BCUT2D eigenvalue weighted by molar-refractivity contribution is 9.10. The van der Waals surface area contributed by atoms with Crippen LogP contribution in [0.2, 0.25) is 0 Å². The minimum absolute atomic E-state index is 0.219. The number of nitrogens with zero attached hydrogens (tertiary/aromatic N) is 1. The lowest BCUT2D eigenvalue weighted by Crippen LogP contribution is -2.24. The van der Waals surface area contributed by atoms with Crippen molar-refractivity contribution in [3.05, 3.63) is 57.8 Å². The number of hydrogen-bond acceptors (Lipinski definition) is 3. The molecule has 0 aliphatic heterocycles. The van der Waals surface area contributed by atoms with E-state index in [0.29, 0.717) is 0 Å². The lowest BCUT2D eigenvalue weighted by atomic mass is 10.00. The summed E-state index contributed by atoms with van der Waals surface area (Å²) < 4.78 is 6.26. The van der Waals surface area contributed by atoms with Crippen molar-refractivity contribution in [2.45, 2.75) is 26.3 Å². The van der Waals surface area contributed by atoms with E-state index in [1.54, 1.807) is 7.11 Å². The summed E-state index contributed by atoms with van der Waals surface area (Å²) in [5.41, 5.74) is 3.58. The van der Waals surface area contributed by atoms with E-state index in [0.717, 1.165) is 28.9 Å². The van der Waals surface area contributed by atoms with Gasteiger partial charge in [-0.1, -0.05) is 19.1 Å². The molecule has 3 nitrogen and oxygen atoms in total. The third-order valence-electron chi connectivity index (χ3n) is 3.49. The number of hydrogen-bond donors (Lipinski definition) is 1. The largest absolute Gasteiger partial charge is 0.496 e. The second kappa shape index (κ2) is 7.57. The molecule has 1 aromatic carbocycles. The third kappa shape index (κ3) is 4.05. The van der Waals surface area contributed by atoms with E-state index in [1.165, 1.54) is 11.1 Å². The van der Waals surface area contributed by atoms with E-state index in [2.05, 4.69) is 58.3 Å². The zero-order valence-electron chi connectivity index (χ0n) is 12.7. The molecule has 0 bridgehead atoms. The maximum absolute atomic E-state index is 5.28. The number of benzene rings is 1. The molecule has 0 fully saturated rings. The molecule has 0 saturated carbocycles. The van der Waals surface area contributed by atoms with Crippen molar-refractivity contribution in [1.82, 2.24) is 10.3 Å². The highest BCUT2D eigenvalue weighted by atomic mass is 79.9. The van der Waals surface area contributed by atoms with Crippen LogP contribution in [0, 0.1) is 6.92 Å². The average molecular weight is 349 g/mol. The van der Waals surface area contributed by atoms with E-state index in [4.69, 9.17) is 4.74 Å². The molecule has 1 N–H and O–H groups in total. The molecule has 0 amide bonds. The maximum Gasteiger partial charge on any atom is 0.133 e. The van der Waals surface area contributed by atoms with Gasteiger partial charge in [0.05, 0.1) is 23.3 Å². The van der Waals surface area contributed by atoms with Crippen LogP contribution in [-0.2, 0) is 6.42 Å². The van der Waals surface area contributed by atoms with E-state index in [9.17, 15) is 0 Å². The van der Waals surface area contributed by atoms with Crippen LogP contribution in [0.5, 0.6) is 5.75 Å². The molecule has 0 aliphatic rings. The number of aromatic nitrogens is 1. The fourth-order valence-corrected chi connectivity index (χ4v) is 3.04. The van der Waals surface area contributed by atoms with Crippen molar-refractivity contribution in [1.29, 1.82) is 0 Å². The van der Waals surface area contributed by atoms with Crippen molar-refractivity contribution in [3.8, 4) is 5.75 Å². The van der Waals surface area contributed by atoms with E-state index in [-0.39, 0.29) is 6.04 Å². The Morgan fingerprint density at radius 1 is 1.33 bits per heavy atom. The van der Waals surface area contributed by atoms with Gasteiger partial charge in [0, 0.05) is 6.20 Å². The molecule has 0 radical (unpaired) electrons. The average Bonchev–Trinajstić information content (AvgIpc) is 2.47. The summed E-state index contributed by atoms with van der Waals surface area (Å²) in [5, 5.41) is 3.53. The number of halogens is 1. The third-order valence-corrected chi connectivity index (χ3v) is 4.11. The summed E-state index contributed by atoms with van der Waals surface area (Å²) in [7, 11) is 1.68. The molecule has 1 unspecified atom stereocenters. The first-order valence-electron chi connectivity index (χ1n) is 7.13. The quantitative estimate of drug-likeness (QED) is 0.854. The van der Waals surface area contributed by atoms with Crippen LogP contribution >= 0.6 is 15.9 Å². The van der Waals surface area contributed by atoms with E-state index in [1.807, 2.05) is 18.3 Å². The summed E-state index contributed by atoms with van der Waals surface area (Å²) in [6.07, 6.45) is 2.75. The second-order valence-corrected chi connectivity index (χ2v) is 5.84. The second-order valence-electron chi connectivity index (χ2n) is 4.99. The predicted molar refractivity (Wildman–Crippen MR) is 89.8 cm³/mol. The standard InChI is InChI=1S/C17H21BrN2O/c1-4-19-15(17-12(2)6-5-9-20-17)11-13-7-8-16(21-3)14(18)10-13/h5-10,15,19H,4,11H2,1-3H3. The van der Waals surface area contributed by atoms with Crippen molar-refractivity contribution >= 4 is 15.9 Å². The first-order valence-corrected chi connectivity index (χ1v) is 7.92. The number of likely N-dealkylation sites (N-methyl/N-ethyl adjacent to an activating group) is 1. The normalized spacial score (nSPS) is 12.2. The highest BCUT2D eigenvalue weighted by Crippen LogP contribution is 2.28. The van der Waals surface area contributed by atoms with E-state index < -0.39 is 0 Å². The van der Waals surface area contributed by atoms with Gasteiger partial charge >= 0.3 is 0 Å². The number of pyridine rings is 1. The van der Waals surface area contributed by atoms with Gasteiger partial charge < -0.3 is 10.1 Å². The summed E-state index contributed by atoms with van der Waals surface area (Å²) in [6, 6.07) is 10.5. The van der Waals surface area contributed by atoms with Crippen molar-refractivity contribution in [2.24, 2.45) is 0 Å². The number of methoxy groups -OCH3 is 1. The fourth-order valence-electron chi connectivity index (χ4n) is 2.45. The molecule has 4 heteroatoms. The van der Waals surface area contributed by atoms with Crippen molar-refractivity contribution in [3.63, 3.8) is 0 Å². The molecule has 1 heterocycles. The van der Waals surface area contributed by atoms with Gasteiger partial charge in [-0.15, -0.1) is 0 Å². The molecule has 2 rings (SSSR count). The smallest absolute Gasteiger partial charge is 0.133 e. The minimum atomic E-state index is 0.219. The molecular formula is C17H21BrN2O. The Bertz CT molecular complexity index is 601. The summed E-state index contributed by atoms with van der Waals surface area (Å²) in [6.45, 7) is 5.14. The Balaban J connectivity index is 2.24. The predicted octanol–water partition coefficient (Wildman–Crippen LogP) is 4.05. The molecule has 0 aliphatic carbocycles. The van der Waals surface area contributed by atoms with Gasteiger partial charge in [-0.3, -0.25) is 4.98 Å². The van der Waals surface area contributed by atoms with E-state index >= 15 is 0 Å². The lowest BCUT2D eigenvalue weighted by Gasteiger charge is -2.19. The Labute approximate surface area is 134 Å². The number of rotatable bonds is 6. The highest BCUT2D eigenvalue weighted by Gasteiger charge is 2.15. The van der Waals surface area contributed by atoms with Crippen molar-refractivity contribution < 1.29 is 4.74 Å².